The minimum Gasteiger partial charge on any atom is -0.454 e. The average Bonchev–Trinajstić information content (AvgIpc) is 3.92. The summed E-state index contributed by atoms with van der Waals surface area (Å²) >= 11 is 13.6. The Labute approximate surface area is 407 Å². The highest BCUT2D eigenvalue weighted by atomic mass is 35.5. The molecule has 6 heteroatoms. The van der Waals surface area contributed by atoms with Crippen LogP contribution in [0.1, 0.15) is 51.0 Å². The molecule has 11 rings (SSSR count). The fourth-order valence-electron chi connectivity index (χ4n) is 7.69. The Kier molecular flexibility index (Phi) is 6.08. The Hall–Kier alpha value is -7.24. The summed E-state index contributed by atoms with van der Waals surface area (Å²) in [5.74, 6) is 0. The van der Waals surface area contributed by atoms with E-state index in [1.807, 2.05) is 20.8 Å². The van der Waals surface area contributed by atoms with Crippen LogP contribution in [0.2, 0.25) is 10.0 Å². The van der Waals surface area contributed by atoms with E-state index in [0.29, 0.717) is 16.7 Å². The van der Waals surface area contributed by atoms with Crippen molar-refractivity contribution in [3.63, 3.8) is 0 Å². The highest BCUT2D eigenvalue weighted by molar-refractivity contribution is 6.31. The van der Waals surface area contributed by atoms with E-state index in [0.717, 1.165) is 12.1 Å². The lowest BCUT2D eigenvalue weighted by atomic mass is 9.86. The summed E-state index contributed by atoms with van der Waals surface area (Å²) in [6.07, 6.45) is 0. The molecule has 310 valence electrons. The Balaban J connectivity index is 1.38. The lowest BCUT2D eigenvalue weighted by Crippen LogP contribution is -2.18. The van der Waals surface area contributed by atoms with E-state index in [1.54, 1.807) is 72.8 Å². The first-order chi connectivity index (χ1) is 38.7. The van der Waals surface area contributed by atoms with Crippen molar-refractivity contribution in [1.29, 1.82) is 0 Å². The van der Waals surface area contributed by atoms with Crippen LogP contribution in [-0.4, -0.2) is 0 Å². The normalized spacial score (nSPS) is 15.8. The maximum absolute atomic E-state index is 10.3. The fourth-order valence-corrected chi connectivity index (χ4v) is 7.99. The molecule has 0 bridgehead atoms. The Morgan fingerprint density at radius 3 is 1.31 bits per heavy atom. The molecule has 11 aromatic rings. The second-order valence-electron chi connectivity index (χ2n) is 15.8. The van der Waals surface area contributed by atoms with Gasteiger partial charge in [0, 0.05) is 54.3 Å². The van der Waals surface area contributed by atoms with Gasteiger partial charge in [-0.15, -0.1) is 0 Å². The van der Waals surface area contributed by atoms with Crippen LogP contribution in [-0.2, 0) is 5.41 Å². The molecule has 0 atom stereocenters. The molecule has 0 radical (unpaired) electrons. The lowest BCUT2D eigenvalue weighted by molar-refractivity contribution is 0.590. The smallest absolute Gasteiger partial charge is 0.159 e. The van der Waals surface area contributed by atoms with Crippen molar-refractivity contribution in [2.24, 2.45) is 0 Å². The number of anilines is 6. The molecule has 0 aliphatic heterocycles. The van der Waals surface area contributed by atoms with E-state index < -0.39 is 112 Å². The summed E-state index contributed by atoms with van der Waals surface area (Å²) in [4.78, 5) is 2.64. The van der Waals surface area contributed by atoms with Crippen molar-refractivity contribution < 1.29 is 33.5 Å². The first kappa shape index (κ1) is 24.6. The monoisotopic (exact) mass is 886 g/mol. The van der Waals surface area contributed by atoms with Gasteiger partial charge in [-0.3, -0.25) is 0 Å². The topological polar surface area (TPSA) is 32.8 Å². The molecular formula is C58H42Cl2N2O2. The van der Waals surface area contributed by atoms with Crippen molar-refractivity contribution in [2.45, 2.75) is 26.2 Å². The first-order valence-corrected chi connectivity index (χ1v) is 20.8. The van der Waals surface area contributed by atoms with Gasteiger partial charge >= 0.3 is 0 Å². The third-order valence-electron chi connectivity index (χ3n) is 10.7. The van der Waals surface area contributed by atoms with Crippen LogP contribution in [0.25, 0.3) is 66.1 Å². The van der Waals surface area contributed by atoms with Crippen LogP contribution in [0.15, 0.2) is 209 Å². The molecule has 0 saturated carbocycles. The predicted octanol–water partition coefficient (Wildman–Crippen LogP) is 18.4. The van der Waals surface area contributed by atoms with Gasteiger partial charge in [0.25, 0.3) is 0 Å². The van der Waals surface area contributed by atoms with Crippen LogP contribution in [0, 0.1) is 0 Å². The van der Waals surface area contributed by atoms with Crippen LogP contribution in [0.3, 0.4) is 0 Å². The molecule has 0 unspecified atom stereocenters. The lowest BCUT2D eigenvalue weighted by Gasteiger charge is -2.32. The molecule has 0 saturated heterocycles. The molecule has 2 aromatic heterocycles. The molecule has 0 amide bonds. The van der Waals surface area contributed by atoms with E-state index in [9.17, 15) is 11.0 Å². The summed E-state index contributed by atoms with van der Waals surface area (Å²) < 4.78 is 179. The number of hydrogen-bond donors (Lipinski definition) is 0. The van der Waals surface area contributed by atoms with Crippen molar-refractivity contribution in [3.05, 3.63) is 215 Å². The summed E-state index contributed by atoms with van der Waals surface area (Å²) in [5.41, 5.74) is -2.31. The summed E-state index contributed by atoms with van der Waals surface area (Å²) in [6.45, 7) is 5.57. The molecule has 64 heavy (non-hydrogen) atoms. The van der Waals surface area contributed by atoms with E-state index in [-0.39, 0.29) is 101 Å². The van der Waals surface area contributed by atoms with Gasteiger partial charge in [-0.25, -0.2) is 0 Å². The van der Waals surface area contributed by atoms with Crippen molar-refractivity contribution >= 4 is 101 Å². The molecule has 2 heterocycles. The zero-order valence-electron chi connectivity index (χ0n) is 52.1. The molecule has 0 spiro atoms. The zero-order chi connectivity index (χ0) is 59.2. The number of nitrogens with zero attached hydrogens (tertiary/aromatic N) is 2. The molecule has 4 nitrogen and oxygen atoms in total. The van der Waals surface area contributed by atoms with Crippen molar-refractivity contribution in [1.82, 2.24) is 0 Å². The van der Waals surface area contributed by atoms with Crippen molar-refractivity contribution in [2.75, 3.05) is 9.80 Å². The standard InChI is InChI=1S/C58H42Cl2N2O2/c1-58(2,3)41-32-46(61(44-22-14-20-42(59)34-44)52-30-39(37-16-6-4-7-17-37)28-50-48-24-10-12-26-54(48)63-56(50)52)36-47(33-41)62(45-23-15-21-43(60)35-45)53-31-40(38-18-8-5-9-19-38)29-51-49-25-11-13-27-55(49)64-57(51)53/h4-36H,1-3H3/i10D,11D,12D,13D,14D,15D,20D,21D,24D,25D,26D,27D,28D,29D,30D,31D,34D,35D. The van der Waals surface area contributed by atoms with Gasteiger partial charge in [0.05, 0.1) is 36.0 Å². The molecule has 0 aliphatic rings. The van der Waals surface area contributed by atoms with Gasteiger partial charge in [-0.1, -0.05) is 153 Å². The number of rotatable bonds is 8. The number of furan rings is 2. The minimum absolute atomic E-state index is 0.00567. The maximum Gasteiger partial charge on any atom is 0.159 e. The number of benzene rings is 9. The van der Waals surface area contributed by atoms with E-state index in [2.05, 4.69) is 0 Å². The van der Waals surface area contributed by atoms with Crippen LogP contribution in [0.4, 0.5) is 34.1 Å². The third-order valence-corrected chi connectivity index (χ3v) is 11.1. The van der Waals surface area contributed by atoms with Gasteiger partial charge in [0.1, 0.15) is 11.2 Å². The number of halogens is 2. The quantitative estimate of drug-likeness (QED) is 0.152. The second-order valence-corrected chi connectivity index (χ2v) is 16.6. The molecule has 9 aromatic carbocycles. The summed E-state index contributed by atoms with van der Waals surface area (Å²) in [5, 5.41) is -1.65. The van der Waals surface area contributed by atoms with Gasteiger partial charge in [0.2, 0.25) is 0 Å². The molecule has 0 N–H and O–H groups in total. The zero-order valence-corrected chi connectivity index (χ0v) is 35.6. The van der Waals surface area contributed by atoms with Gasteiger partial charge < -0.3 is 18.6 Å². The largest absolute Gasteiger partial charge is 0.454 e. The van der Waals surface area contributed by atoms with Crippen LogP contribution < -0.4 is 9.80 Å². The highest BCUT2D eigenvalue weighted by Gasteiger charge is 2.28. The van der Waals surface area contributed by atoms with Gasteiger partial charge in [-0.2, -0.15) is 0 Å². The number of para-hydroxylation sites is 2. The minimum atomic E-state index is -0.899. The maximum atomic E-state index is 10.3. The van der Waals surface area contributed by atoms with Gasteiger partial charge in [-0.05, 0) is 124 Å². The van der Waals surface area contributed by atoms with Crippen LogP contribution >= 0.6 is 23.2 Å². The summed E-state index contributed by atoms with van der Waals surface area (Å²) in [6, 6.07) is 14.4. The van der Waals surface area contributed by atoms with E-state index >= 15 is 0 Å². The fraction of sp³-hybridized carbons (Fsp3) is 0.0690. The Morgan fingerprint density at radius 2 is 0.875 bits per heavy atom. The predicted molar refractivity (Wildman–Crippen MR) is 270 cm³/mol. The third kappa shape index (κ3) is 7.15. The molecule has 0 fully saturated rings. The molecular weight excluding hydrogens is 828 g/mol. The second kappa shape index (κ2) is 15.8. The first-order valence-electron chi connectivity index (χ1n) is 29.0. The Bertz CT molecular complexity index is 4310. The Morgan fingerprint density at radius 1 is 0.438 bits per heavy atom. The van der Waals surface area contributed by atoms with Gasteiger partial charge in [0.15, 0.2) is 11.2 Å². The number of hydrogen-bond acceptors (Lipinski definition) is 4. The van der Waals surface area contributed by atoms with E-state index in [4.69, 9.17) is 45.7 Å². The SMILES string of the molecule is [2H]c1cc(N(c2cc(N(c3cc([2H])c([2H])c(Cl)c3[2H])c3c([2H])c(-c4ccccc4)c([2H])c4c3oc3c([2H])c([2H])c([2H])c([2H])c34)cc(C(C)(C)C)c2)c2c([2H])c(-c3ccccc3)c([2H])c3c2oc2c([2H])c([2H])c([2H])c([2H])c23)c([2H])c(Cl)c1[2H]. The summed E-state index contributed by atoms with van der Waals surface area (Å²) in [7, 11) is 0. The molecule has 0 aliphatic carbocycles. The van der Waals surface area contributed by atoms with E-state index in [1.165, 1.54) is 15.9 Å². The average molecular weight is 888 g/mol. The number of fused-ring (bicyclic) bond motifs is 6. The highest BCUT2D eigenvalue weighted by Crippen LogP contribution is 2.50. The van der Waals surface area contributed by atoms with Crippen molar-refractivity contribution in [3.8, 4) is 22.3 Å². The van der Waals surface area contributed by atoms with Crippen LogP contribution in [0.5, 0.6) is 0 Å².